The topological polar surface area (TPSA) is 116 Å². The third kappa shape index (κ3) is 3.35. The molecule has 2 fully saturated rings. The minimum atomic E-state index is -1.97. The lowest BCUT2D eigenvalue weighted by Crippen LogP contribution is -2.64. The van der Waals surface area contributed by atoms with E-state index in [-0.39, 0.29) is 19.1 Å². The second kappa shape index (κ2) is 7.38. The average molecular weight is 330 g/mol. The van der Waals surface area contributed by atoms with Gasteiger partial charge in [-0.05, 0) is 25.2 Å². The molecule has 23 heavy (non-hydrogen) atoms. The summed E-state index contributed by atoms with van der Waals surface area (Å²) in [5.74, 6) is -1.26. The van der Waals surface area contributed by atoms with Crippen molar-refractivity contribution in [2.24, 2.45) is 11.8 Å². The first kappa shape index (κ1) is 18.5. The summed E-state index contributed by atoms with van der Waals surface area (Å²) in [6, 6.07) is 0. The van der Waals surface area contributed by atoms with Gasteiger partial charge in [0.1, 0.15) is 12.2 Å². The Hall–Kier alpha value is -0.830. The van der Waals surface area contributed by atoms with Crippen LogP contribution in [0.5, 0.6) is 0 Å². The summed E-state index contributed by atoms with van der Waals surface area (Å²) < 4.78 is 10.7. The van der Waals surface area contributed by atoms with Crippen molar-refractivity contribution in [2.45, 2.75) is 50.3 Å². The Bertz CT molecular complexity index is 452. The number of rotatable bonds is 7. The van der Waals surface area contributed by atoms with Crippen LogP contribution in [-0.2, 0) is 14.3 Å². The van der Waals surface area contributed by atoms with Crippen molar-refractivity contribution in [3.8, 4) is 0 Å². The molecule has 0 aromatic heterocycles. The van der Waals surface area contributed by atoms with Crippen LogP contribution in [-0.4, -0.2) is 70.1 Å². The number of Topliss-reactive ketones (excluding diaryl/α,β-unsaturated/α-hetero) is 1. The Morgan fingerprint density at radius 3 is 2.78 bits per heavy atom. The monoisotopic (exact) mass is 330 g/mol. The van der Waals surface area contributed by atoms with E-state index in [0.717, 1.165) is 12.8 Å². The Morgan fingerprint density at radius 1 is 1.48 bits per heavy atom. The zero-order chi connectivity index (χ0) is 17.2. The summed E-state index contributed by atoms with van der Waals surface area (Å²) in [4.78, 5) is 12.4. The number of hydrogen-bond acceptors (Lipinski definition) is 7. The van der Waals surface area contributed by atoms with E-state index in [0.29, 0.717) is 12.0 Å². The van der Waals surface area contributed by atoms with Crippen molar-refractivity contribution in [3.63, 3.8) is 0 Å². The summed E-state index contributed by atoms with van der Waals surface area (Å²) in [5.41, 5.74) is -1.31. The van der Waals surface area contributed by atoms with Crippen molar-refractivity contribution in [3.05, 3.63) is 12.2 Å². The largest absolute Gasteiger partial charge is 0.396 e. The Balaban J connectivity index is 2.04. The number of carbonyl (C=O) groups excluding carboxylic acids is 1. The third-order valence-corrected chi connectivity index (χ3v) is 4.80. The molecule has 6 atom stereocenters. The SMILES string of the molecule is C=C(CCC[C@H](C)CO)[C@H]1CO[C@@H]2O[C@H](CO)[C@@H](O)C(=O)[C@@]21O. The fourth-order valence-electron chi connectivity index (χ4n) is 3.19. The maximum atomic E-state index is 12.4. The molecule has 7 nitrogen and oxygen atoms in total. The highest BCUT2D eigenvalue weighted by Gasteiger charge is 2.63. The maximum absolute atomic E-state index is 12.4. The molecule has 2 rings (SSSR count). The first-order valence-corrected chi connectivity index (χ1v) is 7.97. The Labute approximate surface area is 135 Å². The number of carbonyl (C=O) groups is 1. The van der Waals surface area contributed by atoms with Gasteiger partial charge in [0.15, 0.2) is 11.9 Å². The zero-order valence-electron chi connectivity index (χ0n) is 13.4. The number of ether oxygens (including phenoxy) is 2. The van der Waals surface area contributed by atoms with Crippen molar-refractivity contribution in [1.82, 2.24) is 0 Å². The second-order valence-corrected chi connectivity index (χ2v) is 6.55. The molecule has 0 unspecified atom stereocenters. The molecule has 2 aliphatic rings. The molecular formula is C16H26O7. The molecule has 2 aliphatic heterocycles. The summed E-state index contributed by atoms with van der Waals surface area (Å²) in [6.45, 7) is 5.55. The number of fused-ring (bicyclic) bond motifs is 1. The van der Waals surface area contributed by atoms with Gasteiger partial charge < -0.3 is 29.9 Å². The predicted octanol–water partition coefficient (Wildman–Crippen LogP) is -0.634. The predicted molar refractivity (Wildman–Crippen MR) is 80.4 cm³/mol. The summed E-state index contributed by atoms with van der Waals surface area (Å²) >= 11 is 0. The quantitative estimate of drug-likeness (QED) is 0.459. The van der Waals surface area contributed by atoms with Crippen LogP contribution in [0.15, 0.2) is 12.2 Å². The van der Waals surface area contributed by atoms with Crippen LogP contribution in [0.1, 0.15) is 26.2 Å². The van der Waals surface area contributed by atoms with Crippen LogP contribution in [0.25, 0.3) is 0 Å². The van der Waals surface area contributed by atoms with Crippen molar-refractivity contribution in [2.75, 3.05) is 19.8 Å². The zero-order valence-corrected chi connectivity index (χ0v) is 13.4. The molecule has 0 aliphatic carbocycles. The van der Waals surface area contributed by atoms with E-state index in [1.165, 1.54) is 0 Å². The highest BCUT2D eigenvalue weighted by atomic mass is 16.7. The normalized spacial score (nSPS) is 38.4. The minimum absolute atomic E-state index is 0.0756. The van der Waals surface area contributed by atoms with E-state index in [1.807, 2.05) is 6.92 Å². The van der Waals surface area contributed by atoms with E-state index in [9.17, 15) is 15.0 Å². The van der Waals surface area contributed by atoms with E-state index in [4.69, 9.17) is 19.7 Å². The fraction of sp³-hybridized carbons (Fsp3) is 0.812. The molecular weight excluding hydrogens is 304 g/mol. The molecule has 4 N–H and O–H groups in total. The maximum Gasteiger partial charge on any atom is 0.201 e. The Kier molecular flexibility index (Phi) is 5.94. The summed E-state index contributed by atoms with van der Waals surface area (Å²) in [5, 5.41) is 38.9. The first-order chi connectivity index (χ1) is 10.9. The molecule has 0 bridgehead atoms. The molecule has 0 saturated carbocycles. The van der Waals surface area contributed by atoms with Gasteiger partial charge in [0, 0.05) is 12.5 Å². The lowest BCUT2D eigenvalue weighted by Gasteiger charge is -2.41. The molecule has 132 valence electrons. The average Bonchev–Trinajstić information content (AvgIpc) is 2.88. The summed E-state index contributed by atoms with van der Waals surface area (Å²) in [7, 11) is 0. The Morgan fingerprint density at radius 2 is 2.17 bits per heavy atom. The smallest absolute Gasteiger partial charge is 0.201 e. The van der Waals surface area contributed by atoms with Crippen LogP contribution in [0, 0.1) is 11.8 Å². The second-order valence-electron chi connectivity index (χ2n) is 6.55. The van der Waals surface area contributed by atoms with E-state index in [1.54, 1.807) is 0 Å². The van der Waals surface area contributed by atoms with Gasteiger partial charge in [-0.25, -0.2) is 0 Å². The lowest BCUT2D eigenvalue weighted by molar-refractivity contribution is -0.259. The van der Waals surface area contributed by atoms with Gasteiger partial charge in [-0.1, -0.05) is 19.1 Å². The van der Waals surface area contributed by atoms with Gasteiger partial charge in [0.2, 0.25) is 5.78 Å². The number of ketones is 1. The van der Waals surface area contributed by atoms with Crippen LogP contribution < -0.4 is 0 Å². The molecule has 0 aromatic rings. The van der Waals surface area contributed by atoms with Crippen LogP contribution in [0.4, 0.5) is 0 Å². The van der Waals surface area contributed by atoms with Crippen LogP contribution >= 0.6 is 0 Å². The fourth-order valence-corrected chi connectivity index (χ4v) is 3.19. The highest BCUT2D eigenvalue weighted by molar-refractivity contribution is 5.93. The van der Waals surface area contributed by atoms with Crippen molar-refractivity contribution in [1.29, 1.82) is 0 Å². The van der Waals surface area contributed by atoms with Gasteiger partial charge >= 0.3 is 0 Å². The van der Waals surface area contributed by atoms with Crippen LogP contribution in [0.3, 0.4) is 0 Å². The van der Waals surface area contributed by atoms with Gasteiger partial charge in [-0.2, -0.15) is 0 Å². The number of aliphatic hydroxyl groups is 4. The molecule has 0 aromatic carbocycles. The minimum Gasteiger partial charge on any atom is -0.396 e. The van der Waals surface area contributed by atoms with Gasteiger partial charge in [0.05, 0.1) is 13.2 Å². The molecule has 0 spiro atoms. The third-order valence-electron chi connectivity index (χ3n) is 4.80. The van der Waals surface area contributed by atoms with Crippen LogP contribution in [0.2, 0.25) is 0 Å². The van der Waals surface area contributed by atoms with E-state index in [2.05, 4.69) is 6.58 Å². The molecule has 7 heteroatoms. The van der Waals surface area contributed by atoms with E-state index < -0.39 is 42.4 Å². The number of aliphatic hydroxyl groups excluding tert-OH is 3. The van der Waals surface area contributed by atoms with Gasteiger partial charge in [-0.3, -0.25) is 4.79 Å². The highest BCUT2D eigenvalue weighted by Crippen LogP contribution is 2.42. The van der Waals surface area contributed by atoms with Crippen molar-refractivity contribution < 1.29 is 34.7 Å². The molecule has 2 saturated heterocycles. The molecule has 0 amide bonds. The molecule has 2 heterocycles. The number of hydrogen-bond donors (Lipinski definition) is 4. The summed E-state index contributed by atoms with van der Waals surface area (Å²) in [6.07, 6.45) is -1.72. The lowest BCUT2D eigenvalue weighted by atomic mass is 9.76. The molecule has 0 radical (unpaired) electrons. The standard InChI is InChI=1S/C16H26O7/c1-9(6-17)4-3-5-10(2)11-8-22-15-16(11,21)14(20)13(19)12(7-18)23-15/h9,11-13,15,17-19,21H,2-8H2,1H3/t9-,11+,12+,13+,15+,16+/m0/s1. The first-order valence-electron chi connectivity index (χ1n) is 7.97. The van der Waals surface area contributed by atoms with E-state index >= 15 is 0 Å². The van der Waals surface area contributed by atoms with Gasteiger partial charge in [-0.15, -0.1) is 0 Å². The van der Waals surface area contributed by atoms with Crippen molar-refractivity contribution >= 4 is 5.78 Å². The van der Waals surface area contributed by atoms with Gasteiger partial charge in [0.25, 0.3) is 0 Å².